The Kier molecular flexibility index (Phi) is 4.79. The Morgan fingerprint density at radius 1 is 1.11 bits per heavy atom. The molecule has 0 saturated carbocycles. The number of nitrogens with one attached hydrogen (secondary N) is 2. The van der Waals surface area contributed by atoms with Crippen molar-refractivity contribution < 1.29 is 23.8 Å². The molecular formula is C17H16N4O6. The highest BCUT2D eigenvalue weighted by Gasteiger charge is 2.22. The third-order valence-corrected chi connectivity index (χ3v) is 3.84. The molecule has 0 bridgehead atoms. The van der Waals surface area contributed by atoms with E-state index < -0.39 is 17.4 Å². The summed E-state index contributed by atoms with van der Waals surface area (Å²) in [5, 5.41) is 6.08. The number of carbonyl (C=O) groups is 2. The minimum Gasteiger partial charge on any atom is -0.493 e. The molecule has 1 aromatic carbocycles. The largest absolute Gasteiger partial charge is 0.493 e. The van der Waals surface area contributed by atoms with Crippen molar-refractivity contribution in [3.8, 4) is 22.8 Å². The minimum atomic E-state index is -0.693. The SMILES string of the molecule is COC(=O)c1cn(NC(=O)c2ccc(OC)c(OC)c2)cc2c(=O)[nH]nc1-2. The molecule has 2 N–H and O–H groups in total. The van der Waals surface area contributed by atoms with Crippen LogP contribution in [0.1, 0.15) is 20.7 Å². The van der Waals surface area contributed by atoms with Gasteiger partial charge in [0.25, 0.3) is 11.5 Å². The second-order valence-electron chi connectivity index (χ2n) is 5.40. The maximum Gasteiger partial charge on any atom is 0.341 e. The average molecular weight is 372 g/mol. The van der Waals surface area contributed by atoms with Crippen molar-refractivity contribution >= 4 is 11.9 Å². The molecule has 1 amide bonds. The lowest BCUT2D eigenvalue weighted by Crippen LogP contribution is -2.25. The fourth-order valence-electron chi connectivity index (χ4n) is 2.52. The number of amides is 1. The first kappa shape index (κ1) is 18.0. The summed E-state index contributed by atoms with van der Waals surface area (Å²) in [6.07, 6.45) is 2.67. The number of pyridine rings is 1. The number of hydrogen-bond acceptors (Lipinski definition) is 7. The summed E-state index contributed by atoms with van der Waals surface area (Å²) in [7, 11) is 4.15. The van der Waals surface area contributed by atoms with Crippen LogP contribution in [-0.2, 0) is 4.74 Å². The van der Waals surface area contributed by atoms with Gasteiger partial charge in [0.05, 0.1) is 26.9 Å². The van der Waals surface area contributed by atoms with E-state index in [1.807, 2.05) is 0 Å². The zero-order chi connectivity index (χ0) is 19.6. The fourth-order valence-corrected chi connectivity index (χ4v) is 2.52. The van der Waals surface area contributed by atoms with Gasteiger partial charge in [-0.2, -0.15) is 5.10 Å². The predicted octanol–water partition coefficient (Wildman–Crippen LogP) is 0.864. The molecule has 0 radical (unpaired) electrons. The molecule has 0 fully saturated rings. The first-order valence-electron chi connectivity index (χ1n) is 7.70. The normalized spacial score (nSPS) is 10.5. The van der Waals surface area contributed by atoms with Gasteiger partial charge in [0.15, 0.2) is 11.5 Å². The predicted molar refractivity (Wildman–Crippen MR) is 94.0 cm³/mol. The molecule has 27 heavy (non-hydrogen) atoms. The maximum absolute atomic E-state index is 12.5. The van der Waals surface area contributed by atoms with Gasteiger partial charge < -0.3 is 14.2 Å². The van der Waals surface area contributed by atoms with Crippen LogP contribution in [0.3, 0.4) is 0 Å². The van der Waals surface area contributed by atoms with Crippen molar-refractivity contribution in [1.29, 1.82) is 0 Å². The van der Waals surface area contributed by atoms with Gasteiger partial charge in [-0.05, 0) is 18.2 Å². The lowest BCUT2D eigenvalue weighted by atomic mass is 10.1. The van der Waals surface area contributed by atoms with Crippen LogP contribution in [0.5, 0.6) is 11.5 Å². The Labute approximate surface area is 153 Å². The van der Waals surface area contributed by atoms with E-state index in [1.54, 1.807) is 12.1 Å². The van der Waals surface area contributed by atoms with E-state index in [4.69, 9.17) is 14.2 Å². The summed E-state index contributed by atoms with van der Waals surface area (Å²) in [6.45, 7) is 0. The number of nitrogens with zero attached hydrogens (tertiary/aromatic N) is 2. The molecule has 10 nitrogen and oxygen atoms in total. The minimum absolute atomic E-state index is 0.0287. The summed E-state index contributed by atoms with van der Waals surface area (Å²) in [5.74, 6) is -0.323. The molecule has 3 rings (SSSR count). The van der Waals surface area contributed by atoms with Crippen molar-refractivity contribution in [2.24, 2.45) is 0 Å². The van der Waals surface area contributed by atoms with Crippen LogP contribution in [0, 0.1) is 0 Å². The summed E-state index contributed by atoms with van der Waals surface area (Å²) in [4.78, 5) is 36.4. The summed E-state index contributed by atoms with van der Waals surface area (Å²) in [6, 6.07) is 4.65. The molecule has 0 aliphatic carbocycles. The number of aromatic amines is 1. The van der Waals surface area contributed by atoms with Crippen molar-refractivity contribution in [1.82, 2.24) is 14.9 Å². The van der Waals surface area contributed by atoms with Gasteiger partial charge in [0.2, 0.25) is 0 Å². The zero-order valence-electron chi connectivity index (χ0n) is 14.7. The maximum atomic E-state index is 12.5. The number of rotatable bonds is 5. The highest BCUT2D eigenvalue weighted by atomic mass is 16.5. The topological polar surface area (TPSA) is 125 Å². The number of fused-ring (bicyclic) bond motifs is 1. The lowest BCUT2D eigenvalue weighted by Gasteiger charge is -2.14. The second-order valence-corrected chi connectivity index (χ2v) is 5.40. The van der Waals surface area contributed by atoms with Crippen LogP contribution < -0.4 is 20.5 Å². The molecule has 0 spiro atoms. The van der Waals surface area contributed by atoms with E-state index in [-0.39, 0.29) is 22.4 Å². The smallest absolute Gasteiger partial charge is 0.341 e. The molecule has 0 saturated heterocycles. The number of benzene rings is 1. The molecule has 0 aromatic heterocycles. The van der Waals surface area contributed by atoms with Crippen LogP contribution in [0.4, 0.5) is 0 Å². The number of H-pyrrole nitrogens is 1. The van der Waals surface area contributed by atoms with E-state index >= 15 is 0 Å². The van der Waals surface area contributed by atoms with E-state index in [1.165, 1.54) is 44.5 Å². The van der Waals surface area contributed by atoms with Crippen molar-refractivity contribution in [3.63, 3.8) is 0 Å². The zero-order valence-corrected chi connectivity index (χ0v) is 14.7. The molecule has 10 heteroatoms. The molecule has 0 unspecified atom stereocenters. The van der Waals surface area contributed by atoms with Gasteiger partial charge >= 0.3 is 5.97 Å². The third-order valence-electron chi connectivity index (χ3n) is 3.84. The molecule has 2 heterocycles. The van der Waals surface area contributed by atoms with Crippen molar-refractivity contribution in [2.45, 2.75) is 0 Å². The lowest BCUT2D eigenvalue weighted by molar-refractivity contribution is 0.0600. The van der Waals surface area contributed by atoms with E-state index in [0.717, 1.165) is 0 Å². The van der Waals surface area contributed by atoms with Crippen LogP contribution in [0.2, 0.25) is 0 Å². The Morgan fingerprint density at radius 2 is 1.85 bits per heavy atom. The van der Waals surface area contributed by atoms with Crippen LogP contribution in [0.25, 0.3) is 11.3 Å². The van der Waals surface area contributed by atoms with Crippen LogP contribution in [0.15, 0.2) is 35.4 Å². The Hall–Kier alpha value is -3.82. The van der Waals surface area contributed by atoms with Gasteiger partial charge in [-0.25, -0.2) is 9.89 Å². The Balaban J connectivity index is 1.98. The quantitative estimate of drug-likeness (QED) is 0.637. The average Bonchev–Trinajstić information content (AvgIpc) is 3.07. The number of methoxy groups -OCH3 is 3. The summed E-state index contributed by atoms with van der Waals surface area (Å²) >= 11 is 0. The molecular weight excluding hydrogens is 356 g/mol. The monoisotopic (exact) mass is 372 g/mol. The number of esters is 1. The second kappa shape index (κ2) is 7.20. The standard InChI is InChI=1S/C17H16N4O6/c1-25-12-5-4-9(6-13(12)26-2)15(22)20-21-7-10-14(18-19-16(10)23)11(8-21)17(24)27-3/h4-8H,1-3H3,(H,19,23)(H,20,22). The highest BCUT2D eigenvalue weighted by Crippen LogP contribution is 2.27. The summed E-state index contributed by atoms with van der Waals surface area (Å²) in [5.41, 5.74) is 2.67. The van der Waals surface area contributed by atoms with Crippen molar-refractivity contribution in [2.75, 3.05) is 26.8 Å². The Bertz CT molecular complexity index is 1040. The number of ether oxygens (including phenoxy) is 3. The van der Waals surface area contributed by atoms with E-state index in [0.29, 0.717) is 11.5 Å². The third kappa shape index (κ3) is 3.32. The van der Waals surface area contributed by atoms with Gasteiger partial charge in [-0.1, -0.05) is 0 Å². The first-order chi connectivity index (χ1) is 13.0. The van der Waals surface area contributed by atoms with Crippen LogP contribution in [-0.4, -0.2) is 48.1 Å². The summed E-state index contributed by atoms with van der Waals surface area (Å²) < 4.78 is 16.2. The van der Waals surface area contributed by atoms with E-state index in [2.05, 4.69) is 15.6 Å². The molecule has 2 aliphatic heterocycles. The number of aromatic nitrogens is 3. The highest BCUT2D eigenvalue weighted by molar-refractivity contribution is 6.01. The number of hydrogen-bond donors (Lipinski definition) is 2. The van der Waals surface area contributed by atoms with Gasteiger partial charge in [0.1, 0.15) is 11.3 Å². The Morgan fingerprint density at radius 3 is 2.52 bits per heavy atom. The fraction of sp³-hybridized carbons (Fsp3) is 0.176. The molecule has 140 valence electrons. The van der Waals surface area contributed by atoms with Gasteiger partial charge in [-0.15, -0.1) is 0 Å². The molecule has 1 aromatic rings. The van der Waals surface area contributed by atoms with Crippen LogP contribution >= 0.6 is 0 Å². The van der Waals surface area contributed by atoms with E-state index in [9.17, 15) is 14.4 Å². The number of carbonyl (C=O) groups excluding carboxylic acids is 2. The first-order valence-corrected chi connectivity index (χ1v) is 7.70. The van der Waals surface area contributed by atoms with Gasteiger partial charge in [0, 0.05) is 18.0 Å². The van der Waals surface area contributed by atoms with Gasteiger partial charge in [-0.3, -0.25) is 19.7 Å². The molecule has 0 atom stereocenters. The molecule has 2 aliphatic rings. The van der Waals surface area contributed by atoms with Crippen molar-refractivity contribution in [3.05, 3.63) is 52.1 Å².